The summed E-state index contributed by atoms with van der Waals surface area (Å²) in [5.74, 6) is 0.142. The molecule has 0 fully saturated rings. The van der Waals surface area contributed by atoms with Gasteiger partial charge in [0.05, 0.1) is 5.56 Å². The number of ether oxygens (including phenoxy) is 1. The van der Waals surface area contributed by atoms with E-state index in [4.69, 9.17) is 4.74 Å². The van der Waals surface area contributed by atoms with Crippen LogP contribution in [0, 0.1) is 0 Å². The molecule has 2 aromatic rings. The summed E-state index contributed by atoms with van der Waals surface area (Å²) < 4.78 is 43.5. The molecule has 0 N–H and O–H groups in total. The van der Waals surface area contributed by atoms with Crippen LogP contribution in [0.2, 0.25) is 0 Å². The van der Waals surface area contributed by atoms with Gasteiger partial charge >= 0.3 is 6.18 Å². The molecule has 6 heteroatoms. The molecule has 2 rings (SSSR count). The zero-order chi connectivity index (χ0) is 18.0. The SMILES string of the molecule is CSc1ccc(OC(C)(C)C(=O)c2ccc(C(F)(F)F)cc2)cc1. The summed E-state index contributed by atoms with van der Waals surface area (Å²) in [5.41, 5.74) is -1.81. The van der Waals surface area contributed by atoms with Crippen molar-refractivity contribution in [2.45, 2.75) is 30.5 Å². The number of carbonyl (C=O) groups is 1. The van der Waals surface area contributed by atoms with Crippen LogP contribution < -0.4 is 4.74 Å². The molecule has 0 saturated heterocycles. The summed E-state index contributed by atoms with van der Waals surface area (Å²) in [7, 11) is 0. The second-order valence-corrected chi connectivity index (χ2v) is 6.57. The van der Waals surface area contributed by atoms with Gasteiger partial charge in [-0.3, -0.25) is 4.79 Å². The van der Waals surface area contributed by atoms with Crippen molar-refractivity contribution < 1.29 is 22.7 Å². The van der Waals surface area contributed by atoms with Crippen molar-refractivity contribution in [1.29, 1.82) is 0 Å². The average molecular weight is 354 g/mol. The Balaban J connectivity index is 2.16. The number of hydrogen-bond donors (Lipinski definition) is 0. The molecule has 0 atom stereocenters. The van der Waals surface area contributed by atoms with Gasteiger partial charge in [-0.15, -0.1) is 11.8 Å². The summed E-state index contributed by atoms with van der Waals surface area (Å²) in [4.78, 5) is 13.6. The van der Waals surface area contributed by atoms with Crippen molar-refractivity contribution in [3.63, 3.8) is 0 Å². The van der Waals surface area contributed by atoms with Crippen LogP contribution in [0.4, 0.5) is 13.2 Å². The fourth-order valence-electron chi connectivity index (χ4n) is 2.14. The summed E-state index contributed by atoms with van der Waals surface area (Å²) in [6, 6.07) is 11.4. The minimum absolute atomic E-state index is 0.175. The third-order valence-corrected chi connectivity index (χ3v) is 4.20. The molecule has 0 aromatic heterocycles. The number of benzene rings is 2. The van der Waals surface area contributed by atoms with E-state index in [1.165, 1.54) is 12.1 Å². The summed E-state index contributed by atoms with van der Waals surface area (Å²) in [6.45, 7) is 3.19. The number of ketones is 1. The van der Waals surface area contributed by atoms with E-state index in [2.05, 4.69) is 0 Å². The highest BCUT2D eigenvalue weighted by Gasteiger charge is 2.33. The van der Waals surface area contributed by atoms with Crippen molar-refractivity contribution in [3.05, 3.63) is 59.7 Å². The lowest BCUT2D eigenvalue weighted by molar-refractivity contribution is -0.137. The van der Waals surface area contributed by atoms with Gasteiger partial charge in [-0.05, 0) is 56.5 Å². The summed E-state index contributed by atoms with van der Waals surface area (Å²) in [5, 5.41) is 0. The average Bonchev–Trinajstić information content (AvgIpc) is 2.54. The van der Waals surface area contributed by atoms with E-state index in [-0.39, 0.29) is 11.3 Å². The van der Waals surface area contributed by atoms with E-state index in [0.717, 1.165) is 17.0 Å². The predicted molar refractivity (Wildman–Crippen MR) is 88.7 cm³/mol. The molecule has 0 unspecified atom stereocenters. The lowest BCUT2D eigenvalue weighted by atomic mass is 9.95. The number of Topliss-reactive ketones (excluding diaryl/α,β-unsaturated/α-hetero) is 1. The van der Waals surface area contributed by atoms with Crippen LogP contribution in [0.15, 0.2) is 53.4 Å². The second kappa shape index (κ2) is 6.89. The summed E-state index contributed by atoms with van der Waals surface area (Å²) in [6.07, 6.45) is -2.47. The van der Waals surface area contributed by atoms with Crippen LogP contribution in [0.5, 0.6) is 5.75 Å². The van der Waals surface area contributed by atoms with Gasteiger partial charge in [0.1, 0.15) is 5.75 Å². The Morgan fingerprint density at radius 2 is 1.50 bits per heavy atom. The maximum absolute atomic E-state index is 12.6. The predicted octanol–water partition coefficient (Wildman–Crippen LogP) is 5.47. The molecule has 24 heavy (non-hydrogen) atoms. The van der Waals surface area contributed by atoms with E-state index in [1.54, 1.807) is 37.7 Å². The zero-order valence-corrected chi connectivity index (χ0v) is 14.3. The van der Waals surface area contributed by atoms with Crippen molar-refractivity contribution >= 4 is 17.5 Å². The molecule has 0 bridgehead atoms. The number of carbonyl (C=O) groups excluding carboxylic acids is 1. The molecular formula is C18H17F3O2S. The maximum atomic E-state index is 12.6. The molecule has 128 valence electrons. The van der Waals surface area contributed by atoms with Crippen LogP contribution in [-0.2, 0) is 6.18 Å². The Labute approximate surface area is 143 Å². The molecular weight excluding hydrogens is 337 g/mol. The van der Waals surface area contributed by atoms with Gasteiger partial charge in [0, 0.05) is 10.5 Å². The van der Waals surface area contributed by atoms with Gasteiger partial charge < -0.3 is 4.74 Å². The van der Waals surface area contributed by atoms with Gasteiger partial charge in [-0.25, -0.2) is 0 Å². The summed E-state index contributed by atoms with van der Waals surface area (Å²) >= 11 is 1.59. The highest BCUT2D eigenvalue weighted by atomic mass is 32.2. The Bertz CT molecular complexity index is 705. The van der Waals surface area contributed by atoms with Gasteiger partial charge in [0.2, 0.25) is 5.78 Å². The van der Waals surface area contributed by atoms with Crippen LogP contribution in [0.3, 0.4) is 0 Å². The fourth-order valence-corrected chi connectivity index (χ4v) is 2.55. The fraction of sp³-hybridized carbons (Fsp3) is 0.278. The third-order valence-electron chi connectivity index (χ3n) is 3.45. The molecule has 2 aromatic carbocycles. The number of rotatable bonds is 5. The van der Waals surface area contributed by atoms with Crippen LogP contribution in [0.1, 0.15) is 29.8 Å². The number of hydrogen-bond acceptors (Lipinski definition) is 3. The quantitative estimate of drug-likeness (QED) is 0.526. The van der Waals surface area contributed by atoms with Crippen molar-refractivity contribution in [2.24, 2.45) is 0 Å². The Morgan fingerprint density at radius 1 is 0.958 bits per heavy atom. The molecule has 0 radical (unpaired) electrons. The molecule has 0 aliphatic rings. The largest absolute Gasteiger partial charge is 0.480 e. The Morgan fingerprint density at radius 3 is 1.96 bits per heavy atom. The molecule has 0 aliphatic carbocycles. The van der Waals surface area contributed by atoms with Crippen LogP contribution >= 0.6 is 11.8 Å². The highest BCUT2D eigenvalue weighted by Crippen LogP contribution is 2.30. The topological polar surface area (TPSA) is 26.3 Å². The number of alkyl halides is 3. The van der Waals surface area contributed by atoms with Crippen LogP contribution in [-0.4, -0.2) is 17.6 Å². The molecule has 0 heterocycles. The first kappa shape index (κ1) is 18.4. The van der Waals surface area contributed by atoms with Gasteiger partial charge in [0.15, 0.2) is 5.60 Å². The van der Waals surface area contributed by atoms with E-state index in [9.17, 15) is 18.0 Å². The first-order chi connectivity index (χ1) is 11.1. The van der Waals surface area contributed by atoms with Gasteiger partial charge in [-0.2, -0.15) is 13.2 Å². The zero-order valence-electron chi connectivity index (χ0n) is 13.5. The van der Waals surface area contributed by atoms with Crippen molar-refractivity contribution in [3.8, 4) is 5.75 Å². The lowest BCUT2D eigenvalue weighted by Gasteiger charge is -2.25. The van der Waals surface area contributed by atoms with E-state index >= 15 is 0 Å². The standard InChI is InChI=1S/C18H17F3O2S/c1-17(2,23-14-8-10-15(24-3)11-9-14)16(22)12-4-6-13(7-5-12)18(19,20)21/h4-11H,1-3H3. The van der Waals surface area contributed by atoms with E-state index in [0.29, 0.717) is 5.75 Å². The Hall–Kier alpha value is -1.95. The number of thioether (sulfide) groups is 1. The third kappa shape index (κ3) is 4.32. The minimum atomic E-state index is -4.42. The second-order valence-electron chi connectivity index (χ2n) is 5.69. The Kier molecular flexibility index (Phi) is 5.28. The van der Waals surface area contributed by atoms with Crippen molar-refractivity contribution in [1.82, 2.24) is 0 Å². The molecule has 0 saturated carbocycles. The molecule has 0 aliphatic heterocycles. The van der Waals surface area contributed by atoms with Gasteiger partial charge in [-0.1, -0.05) is 12.1 Å². The molecule has 2 nitrogen and oxygen atoms in total. The van der Waals surface area contributed by atoms with E-state index < -0.39 is 17.3 Å². The first-order valence-corrected chi connectivity index (χ1v) is 8.41. The maximum Gasteiger partial charge on any atom is 0.416 e. The van der Waals surface area contributed by atoms with Gasteiger partial charge in [0.25, 0.3) is 0 Å². The van der Waals surface area contributed by atoms with Crippen molar-refractivity contribution in [2.75, 3.05) is 6.26 Å². The first-order valence-electron chi connectivity index (χ1n) is 7.18. The normalized spacial score (nSPS) is 12.1. The van der Waals surface area contributed by atoms with Crippen LogP contribution in [0.25, 0.3) is 0 Å². The molecule has 0 amide bonds. The van der Waals surface area contributed by atoms with E-state index in [1.807, 2.05) is 18.4 Å². The highest BCUT2D eigenvalue weighted by molar-refractivity contribution is 7.98. The lowest BCUT2D eigenvalue weighted by Crippen LogP contribution is -2.38. The monoisotopic (exact) mass is 354 g/mol. The smallest absolute Gasteiger partial charge is 0.416 e. The molecule has 0 spiro atoms. The number of halogens is 3. The minimum Gasteiger partial charge on any atom is -0.480 e.